The molecular weight excluding hydrogens is 476 g/mol. The predicted octanol–water partition coefficient (Wildman–Crippen LogP) is 5.66. The Bertz CT molecular complexity index is 1180. The van der Waals surface area contributed by atoms with Gasteiger partial charge in [0.1, 0.15) is 29.9 Å². The van der Waals surface area contributed by atoms with Crippen LogP contribution in [0, 0.1) is 10.8 Å². The molecule has 0 saturated heterocycles. The van der Waals surface area contributed by atoms with Crippen LogP contribution in [0.15, 0.2) is 43.3 Å². The van der Waals surface area contributed by atoms with Crippen LogP contribution >= 0.6 is 0 Å². The molecule has 0 aliphatic heterocycles. The van der Waals surface area contributed by atoms with Gasteiger partial charge in [-0.3, -0.25) is 19.2 Å². The molecule has 1 unspecified atom stereocenters. The zero-order valence-electron chi connectivity index (χ0n) is 22.6. The van der Waals surface area contributed by atoms with Crippen molar-refractivity contribution < 1.29 is 28.6 Å². The number of ketones is 2. The molecule has 0 fully saturated rings. The molecule has 0 radical (unpaired) electrons. The highest BCUT2D eigenvalue weighted by atomic mass is 16.4. The molecule has 8 heteroatoms. The molecule has 0 aromatic carbocycles. The summed E-state index contributed by atoms with van der Waals surface area (Å²) >= 11 is 0. The first-order chi connectivity index (χ1) is 17.2. The van der Waals surface area contributed by atoms with Gasteiger partial charge in [-0.25, -0.2) is 0 Å². The molecule has 2 heterocycles. The Morgan fingerprint density at radius 3 is 2.22 bits per heavy atom. The molecule has 0 spiro atoms. The first kappa shape index (κ1) is 30.1. The van der Waals surface area contributed by atoms with Crippen LogP contribution in [0.2, 0.25) is 0 Å². The number of hydrogen-bond donors (Lipinski definition) is 2. The summed E-state index contributed by atoms with van der Waals surface area (Å²) in [5.74, 6) is -1.58. The summed E-state index contributed by atoms with van der Waals surface area (Å²) in [5.41, 5.74) is -1.07. The zero-order chi connectivity index (χ0) is 27.8. The van der Waals surface area contributed by atoms with E-state index < -0.39 is 33.7 Å². The standard InChI is InChI=1S/C29H40O8/c1-28(2,3)12-7-9-20(30)8-6-10-22(31)21(26-14-23(32)24(33)18-37-26)11-13-29(4,5)15-19-16-36-17-25(34)27(19)35/h14,16-18,21,33-34H,6-13,15H2,1-5H3. The van der Waals surface area contributed by atoms with Gasteiger partial charge in [0.05, 0.1) is 12.2 Å². The number of carbonyl (C=O) groups is 2. The van der Waals surface area contributed by atoms with Crippen molar-refractivity contribution in [3.8, 4) is 11.5 Å². The molecule has 8 nitrogen and oxygen atoms in total. The van der Waals surface area contributed by atoms with Crippen LogP contribution in [0.3, 0.4) is 0 Å². The first-order valence-electron chi connectivity index (χ1n) is 12.8. The molecular formula is C29H40O8. The molecule has 0 saturated carbocycles. The normalized spacial score (nSPS) is 12.9. The van der Waals surface area contributed by atoms with Gasteiger partial charge in [0, 0.05) is 30.9 Å². The molecule has 37 heavy (non-hydrogen) atoms. The van der Waals surface area contributed by atoms with Crippen molar-refractivity contribution in [1.29, 1.82) is 0 Å². The predicted molar refractivity (Wildman–Crippen MR) is 140 cm³/mol. The fourth-order valence-electron chi connectivity index (χ4n) is 4.35. The Balaban J connectivity index is 2.06. The second-order valence-corrected chi connectivity index (χ2v) is 11.8. The molecule has 0 aliphatic carbocycles. The van der Waals surface area contributed by atoms with E-state index >= 15 is 0 Å². The Hall–Kier alpha value is -3.16. The molecule has 2 aromatic heterocycles. The van der Waals surface area contributed by atoms with E-state index in [1.54, 1.807) is 0 Å². The third-order valence-corrected chi connectivity index (χ3v) is 6.52. The Labute approximate surface area is 217 Å². The fraction of sp³-hybridized carbons (Fsp3) is 0.586. The maximum atomic E-state index is 13.2. The van der Waals surface area contributed by atoms with Crippen molar-refractivity contribution in [2.24, 2.45) is 10.8 Å². The SMILES string of the molecule is CC(C)(C)CCCC(=O)CCCC(=O)C(CCC(C)(C)Cc1cocc(O)c1=O)c1cc(=O)c(O)co1. The van der Waals surface area contributed by atoms with Gasteiger partial charge in [-0.15, -0.1) is 0 Å². The van der Waals surface area contributed by atoms with Crippen LogP contribution in [0.4, 0.5) is 0 Å². The van der Waals surface area contributed by atoms with E-state index in [-0.39, 0.29) is 29.2 Å². The smallest absolute Gasteiger partial charge is 0.229 e. The first-order valence-corrected chi connectivity index (χ1v) is 12.8. The number of rotatable bonds is 14. The molecule has 204 valence electrons. The van der Waals surface area contributed by atoms with Gasteiger partial charge in [0.25, 0.3) is 0 Å². The van der Waals surface area contributed by atoms with E-state index in [0.717, 1.165) is 31.4 Å². The van der Waals surface area contributed by atoms with E-state index in [1.165, 1.54) is 6.26 Å². The highest BCUT2D eigenvalue weighted by Crippen LogP contribution is 2.33. The van der Waals surface area contributed by atoms with E-state index in [2.05, 4.69) is 20.8 Å². The Morgan fingerprint density at radius 2 is 1.57 bits per heavy atom. The molecule has 1 atom stereocenters. The fourth-order valence-corrected chi connectivity index (χ4v) is 4.35. The third kappa shape index (κ3) is 10.0. The van der Waals surface area contributed by atoms with Crippen LogP contribution in [0.5, 0.6) is 11.5 Å². The van der Waals surface area contributed by atoms with E-state index in [1.807, 2.05) is 13.8 Å². The average molecular weight is 517 g/mol. The maximum Gasteiger partial charge on any atom is 0.229 e. The molecule has 0 amide bonds. The lowest BCUT2D eigenvalue weighted by molar-refractivity contribution is -0.121. The van der Waals surface area contributed by atoms with Gasteiger partial charge in [-0.1, -0.05) is 34.6 Å². The van der Waals surface area contributed by atoms with Crippen molar-refractivity contribution in [1.82, 2.24) is 0 Å². The summed E-state index contributed by atoms with van der Waals surface area (Å²) in [4.78, 5) is 49.7. The summed E-state index contributed by atoms with van der Waals surface area (Å²) < 4.78 is 10.4. The van der Waals surface area contributed by atoms with Crippen LogP contribution < -0.4 is 10.9 Å². The van der Waals surface area contributed by atoms with Gasteiger partial charge >= 0.3 is 0 Å². The molecule has 2 aromatic rings. The quantitative estimate of drug-likeness (QED) is 0.328. The second-order valence-electron chi connectivity index (χ2n) is 11.8. The lowest BCUT2D eigenvalue weighted by Gasteiger charge is -2.26. The summed E-state index contributed by atoms with van der Waals surface area (Å²) in [6.07, 6.45) is 7.55. The van der Waals surface area contributed by atoms with Crippen LogP contribution in [-0.4, -0.2) is 21.8 Å². The minimum absolute atomic E-state index is 0.135. The van der Waals surface area contributed by atoms with E-state index in [9.17, 15) is 29.4 Å². The second kappa shape index (κ2) is 12.9. The zero-order valence-corrected chi connectivity index (χ0v) is 22.6. The maximum absolute atomic E-state index is 13.2. The molecule has 2 N–H and O–H groups in total. The molecule has 2 rings (SSSR count). The van der Waals surface area contributed by atoms with Crippen LogP contribution in [-0.2, 0) is 16.0 Å². The lowest BCUT2D eigenvalue weighted by atomic mass is 9.78. The average Bonchev–Trinajstić information content (AvgIpc) is 2.78. The van der Waals surface area contributed by atoms with Crippen LogP contribution in [0.1, 0.15) is 103 Å². The topological polar surface area (TPSA) is 135 Å². The van der Waals surface area contributed by atoms with Gasteiger partial charge in [0.2, 0.25) is 10.9 Å². The summed E-state index contributed by atoms with van der Waals surface area (Å²) in [6.45, 7) is 10.3. The monoisotopic (exact) mass is 516 g/mol. The highest BCUT2D eigenvalue weighted by molar-refractivity contribution is 5.86. The highest BCUT2D eigenvalue weighted by Gasteiger charge is 2.28. The Morgan fingerprint density at radius 1 is 0.892 bits per heavy atom. The van der Waals surface area contributed by atoms with Gasteiger partial charge in [-0.2, -0.15) is 0 Å². The summed E-state index contributed by atoms with van der Waals surface area (Å²) in [7, 11) is 0. The minimum Gasteiger partial charge on any atom is -0.502 e. The van der Waals surface area contributed by atoms with Crippen molar-refractivity contribution in [2.75, 3.05) is 0 Å². The van der Waals surface area contributed by atoms with Crippen molar-refractivity contribution >= 4 is 11.6 Å². The summed E-state index contributed by atoms with van der Waals surface area (Å²) in [6, 6.07) is 1.13. The van der Waals surface area contributed by atoms with E-state index in [0.29, 0.717) is 44.1 Å². The van der Waals surface area contributed by atoms with Crippen molar-refractivity contribution in [3.05, 3.63) is 56.6 Å². The summed E-state index contributed by atoms with van der Waals surface area (Å²) in [5, 5.41) is 19.2. The van der Waals surface area contributed by atoms with Gasteiger partial charge in [-0.05, 0) is 49.4 Å². The van der Waals surface area contributed by atoms with Gasteiger partial charge < -0.3 is 19.0 Å². The van der Waals surface area contributed by atoms with Crippen molar-refractivity contribution in [2.45, 2.75) is 98.3 Å². The minimum atomic E-state index is -0.732. The van der Waals surface area contributed by atoms with Gasteiger partial charge in [0.15, 0.2) is 11.5 Å². The largest absolute Gasteiger partial charge is 0.502 e. The molecule has 0 aliphatic rings. The number of Topliss-reactive ketones (excluding diaryl/α,β-unsaturated/α-hetero) is 2. The van der Waals surface area contributed by atoms with Crippen molar-refractivity contribution in [3.63, 3.8) is 0 Å². The molecule has 0 bridgehead atoms. The van der Waals surface area contributed by atoms with E-state index in [4.69, 9.17) is 8.83 Å². The number of hydrogen-bond acceptors (Lipinski definition) is 8. The number of aromatic hydroxyl groups is 2. The van der Waals surface area contributed by atoms with Crippen LogP contribution in [0.25, 0.3) is 0 Å². The Kier molecular flexibility index (Phi) is 10.5. The lowest BCUT2D eigenvalue weighted by Crippen LogP contribution is -2.23. The third-order valence-electron chi connectivity index (χ3n) is 6.52. The number of carbonyl (C=O) groups excluding carboxylic acids is 2.